The molecule has 3 heterocycles. The number of rotatable bonds is 3. The van der Waals surface area contributed by atoms with Crippen LogP contribution in [0.2, 0.25) is 5.02 Å². The van der Waals surface area contributed by atoms with Crippen molar-refractivity contribution in [1.29, 1.82) is 0 Å². The topological polar surface area (TPSA) is 41.8 Å². The number of hydrogen-bond acceptors (Lipinski definition) is 4. The molecular weight excluding hydrogens is 336 g/mol. The first-order valence-electron chi connectivity index (χ1n) is 8.44. The average Bonchev–Trinajstić information content (AvgIpc) is 3.07. The van der Waals surface area contributed by atoms with Crippen molar-refractivity contribution in [1.82, 2.24) is 14.7 Å². The third-order valence-electron chi connectivity index (χ3n) is 4.68. The molecule has 6 heteroatoms. The number of pyridine rings is 1. The van der Waals surface area contributed by atoms with Gasteiger partial charge < -0.3 is 19.4 Å². The van der Waals surface area contributed by atoms with Crippen LogP contribution in [0.4, 0.5) is 5.69 Å². The van der Waals surface area contributed by atoms with E-state index in [2.05, 4.69) is 28.5 Å². The van der Waals surface area contributed by atoms with Crippen molar-refractivity contribution in [2.45, 2.75) is 6.92 Å². The molecule has 1 N–H and O–H groups in total. The van der Waals surface area contributed by atoms with Gasteiger partial charge in [-0.25, -0.2) is 4.98 Å². The molecule has 25 heavy (non-hydrogen) atoms. The van der Waals surface area contributed by atoms with E-state index in [1.165, 1.54) is 5.69 Å². The summed E-state index contributed by atoms with van der Waals surface area (Å²) in [5.41, 5.74) is 4.89. The van der Waals surface area contributed by atoms with Crippen LogP contribution in [0.25, 0.3) is 16.9 Å². The zero-order valence-corrected chi connectivity index (χ0v) is 15.2. The summed E-state index contributed by atoms with van der Waals surface area (Å²) in [5.74, 6) is 0.785. The number of ether oxygens (including phenoxy) is 1. The van der Waals surface area contributed by atoms with E-state index in [1.54, 1.807) is 7.11 Å². The second-order valence-electron chi connectivity index (χ2n) is 6.32. The first kappa shape index (κ1) is 16.2. The van der Waals surface area contributed by atoms with Gasteiger partial charge >= 0.3 is 0 Å². The number of hydrogen-bond donors (Lipinski definition) is 1. The lowest BCUT2D eigenvalue weighted by Crippen LogP contribution is -2.43. The molecule has 1 aromatic carbocycles. The zero-order chi connectivity index (χ0) is 17.4. The van der Waals surface area contributed by atoms with Crippen molar-refractivity contribution >= 4 is 22.9 Å². The maximum absolute atomic E-state index is 6.32. The molecular formula is C19H21ClN4O. The molecule has 1 aliphatic heterocycles. The molecule has 0 radical (unpaired) electrons. The number of methoxy groups -OCH3 is 1. The van der Waals surface area contributed by atoms with Gasteiger partial charge in [-0.1, -0.05) is 11.6 Å². The fourth-order valence-corrected chi connectivity index (χ4v) is 3.41. The van der Waals surface area contributed by atoms with Crippen molar-refractivity contribution in [2.75, 3.05) is 38.2 Å². The van der Waals surface area contributed by atoms with Gasteiger partial charge in [-0.05, 0) is 30.7 Å². The quantitative estimate of drug-likeness (QED) is 0.781. The molecule has 1 aliphatic rings. The Bertz CT molecular complexity index is 915. The Kier molecular flexibility index (Phi) is 4.27. The molecule has 0 aliphatic carbocycles. The van der Waals surface area contributed by atoms with Gasteiger partial charge in [0.05, 0.1) is 12.8 Å². The number of benzene rings is 1. The van der Waals surface area contributed by atoms with Crippen LogP contribution in [0.3, 0.4) is 0 Å². The van der Waals surface area contributed by atoms with E-state index in [-0.39, 0.29) is 0 Å². The largest absolute Gasteiger partial charge is 0.496 e. The smallest absolute Gasteiger partial charge is 0.139 e. The molecule has 0 spiro atoms. The van der Waals surface area contributed by atoms with Gasteiger partial charge in [0.25, 0.3) is 0 Å². The average molecular weight is 357 g/mol. The van der Waals surface area contributed by atoms with Gasteiger partial charge in [-0.3, -0.25) is 0 Å². The van der Waals surface area contributed by atoms with Gasteiger partial charge in [0, 0.05) is 60.9 Å². The first-order chi connectivity index (χ1) is 12.2. The summed E-state index contributed by atoms with van der Waals surface area (Å²) in [6.45, 7) is 6.04. The minimum absolute atomic E-state index is 0.717. The number of halogens is 1. The predicted octanol–water partition coefficient (Wildman–Crippen LogP) is 3.38. The lowest BCUT2D eigenvalue weighted by molar-refractivity contribution is 0.416. The number of nitrogens with zero attached hydrogens (tertiary/aromatic N) is 3. The van der Waals surface area contributed by atoms with Crippen molar-refractivity contribution in [2.24, 2.45) is 0 Å². The Balaban J connectivity index is 1.75. The normalized spacial score (nSPS) is 14.9. The summed E-state index contributed by atoms with van der Waals surface area (Å²) in [6.07, 6.45) is 4.08. The summed E-state index contributed by atoms with van der Waals surface area (Å²) in [7, 11) is 1.67. The molecule has 130 valence electrons. The molecule has 0 unspecified atom stereocenters. The van der Waals surface area contributed by atoms with Crippen molar-refractivity contribution < 1.29 is 4.74 Å². The van der Waals surface area contributed by atoms with E-state index in [1.807, 2.05) is 29.7 Å². The number of piperazine rings is 1. The van der Waals surface area contributed by atoms with Crippen LogP contribution in [0.5, 0.6) is 5.75 Å². The monoisotopic (exact) mass is 356 g/mol. The van der Waals surface area contributed by atoms with E-state index < -0.39 is 0 Å². The Labute approximate surface area is 152 Å². The lowest BCUT2D eigenvalue weighted by Gasteiger charge is -2.29. The maximum atomic E-state index is 6.32. The third kappa shape index (κ3) is 3.05. The van der Waals surface area contributed by atoms with E-state index in [0.29, 0.717) is 0 Å². The van der Waals surface area contributed by atoms with Gasteiger partial charge in [0.2, 0.25) is 0 Å². The molecule has 3 aromatic rings. The molecule has 4 rings (SSSR count). The van der Waals surface area contributed by atoms with E-state index >= 15 is 0 Å². The highest BCUT2D eigenvalue weighted by Gasteiger charge is 2.15. The second-order valence-corrected chi connectivity index (χ2v) is 6.72. The Morgan fingerprint density at radius 3 is 2.76 bits per heavy atom. The fraction of sp³-hybridized carbons (Fsp3) is 0.316. The van der Waals surface area contributed by atoms with Gasteiger partial charge in [0.15, 0.2) is 0 Å². The Morgan fingerprint density at radius 1 is 1.20 bits per heavy atom. The van der Waals surface area contributed by atoms with Crippen LogP contribution in [-0.2, 0) is 0 Å². The molecule has 1 fully saturated rings. The zero-order valence-electron chi connectivity index (χ0n) is 14.4. The minimum Gasteiger partial charge on any atom is -0.496 e. The predicted molar refractivity (Wildman–Crippen MR) is 102 cm³/mol. The van der Waals surface area contributed by atoms with Crippen LogP contribution in [-0.4, -0.2) is 42.7 Å². The van der Waals surface area contributed by atoms with Crippen LogP contribution >= 0.6 is 11.6 Å². The van der Waals surface area contributed by atoms with Crippen LogP contribution in [0.15, 0.2) is 36.7 Å². The summed E-state index contributed by atoms with van der Waals surface area (Å²) in [5, 5.41) is 4.10. The molecule has 5 nitrogen and oxygen atoms in total. The minimum atomic E-state index is 0.717. The molecule has 0 bridgehead atoms. The van der Waals surface area contributed by atoms with Crippen LogP contribution in [0.1, 0.15) is 5.56 Å². The standard InChI is InChI=1S/C19H21ClN4O/c1-13-9-18(25-2)15(11-16(13)20)17-12-24-6-3-14(10-19(24)22-17)23-7-4-21-5-8-23/h3,6,9-12,21H,4-5,7-8H2,1-2H3. The number of fused-ring (bicyclic) bond motifs is 1. The highest BCUT2D eigenvalue weighted by molar-refractivity contribution is 6.31. The highest BCUT2D eigenvalue weighted by atomic mass is 35.5. The van der Waals surface area contributed by atoms with Crippen molar-refractivity contribution in [3.8, 4) is 17.0 Å². The van der Waals surface area contributed by atoms with Gasteiger partial charge in [-0.15, -0.1) is 0 Å². The summed E-state index contributed by atoms with van der Waals surface area (Å²) < 4.78 is 7.56. The highest BCUT2D eigenvalue weighted by Crippen LogP contribution is 2.34. The Hall–Kier alpha value is -2.24. The third-order valence-corrected chi connectivity index (χ3v) is 5.09. The Morgan fingerprint density at radius 2 is 2.00 bits per heavy atom. The van der Waals surface area contributed by atoms with E-state index in [0.717, 1.165) is 59.4 Å². The first-order valence-corrected chi connectivity index (χ1v) is 8.82. The molecule has 0 saturated carbocycles. The number of aromatic nitrogens is 2. The SMILES string of the molecule is COc1cc(C)c(Cl)cc1-c1cn2ccc(N3CCNCC3)cc2n1. The van der Waals surface area contributed by atoms with Gasteiger partial charge in [-0.2, -0.15) is 0 Å². The van der Waals surface area contributed by atoms with E-state index in [9.17, 15) is 0 Å². The summed E-state index contributed by atoms with van der Waals surface area (Å²) in [6, 6.07) is 8.16. The van der Waals surface area contributed by atoms with E-state index in [4.69, 9.17) is 21.3 Å². The number of imidazole rings is 1. The fourth-order valence-electron chi connectivity index (χ4n) is 3.24. The lowest BCUT2D eigenvalue weighted by atomic mass is 10.1. The van der Waals surface area contributed by atoms with Gasteiger partial charge in [0.1, 0.15) is 11.4 Å². The van der Waals surface area contributed by atoms with Crippen LogP contribution in [0, 0.1) is 6.92 Å². The number of anilines is 1. The number of aryl methyl sites for hydroxylation is 1. The maximum Gasteiger partial charge on any atom is 0.139 e. The van der Waals surface area contributed by atoms with Crippen LogP contribution < -0.4 is 15.0 Å². The molecule has 0 atom stereocenters. The van der Waals surface area contributed by atoms with Crippen molar-refractivity contribution in [3.63, 3.8) is 0 Å². The van der Waals surface area contributed by atoms with Crippen molar-refractivity contribution in [3.05, 3.63) is 47.2 Å². The summed E-state index contributed by atoms with van der Waals surface area (Å²) in [4.78, 5) is 7.18. The molecule has 2 aromatic heterocycles. The number of nitrogens with one attached hydrogen (secondary N) is 1. The molecule has 1 saturated heterocycles. The molecule has 0 amide bonds. The summed E-state index contributed by atoms with van der Waals surface area (Å²) >= 11 is 6.32. The second kappa shape index (κ2) is 6.58.